The Morgan fingerprint density at radius 1 is 0.889 bits per heavy atom. The van der Waals surface area contributed by atoms with Gasteiger partial charge in [-0.05, 0) is 35.4 Å². The first-order valence-corrected chi connectivity index (χ1v) is 9.49. The number of hydrogen-bond acceptors (Lipinski definition) is 3. The van der Waals surface area contributed by atoms with Crippen LogP contribution in [0.4, 0.5) is 5.69 Å². The number of rotatable bonds is 7. The zero-order valence-corrected chi connectivity index (χ0v) is 16.3. The zero-order valence-electron chi connectivity index (χ0n) is 14.7. The molecule has 0 unspecified atom stereocenters. The molecule has 0 aliphatic heterocycles. The number of carbonyl (C=O) groups excluding carboxylic acids is 1. The van der Waals surface area contributed by atoms with E-state index in [0.717, 1.165) is 21.3 Å². The lowest BCUT2D eigenvalue weighted by Gasteiger charge is -2.25. The lowest BCUT2D eigenvalue weighted by Crippen LogP contribution is -2.40. The van der Waals surface area contributed by atoms with Gasteiger partial charge in [0, 0.05) is 16.7 Å². The van der Waals surface area contributed by atoms with Gasteiger partial charge in [-0.1, -0.05) is 76.6 Å². The Balaban J connectivity index is 1.74. The highest BCUT2D eigenvalue weighted by Crippen LogP contribution is 2.24. The highest BCUT2D eigenvalue weighted by Gasteiger charge is 2.27. The molecule has 0 aliphatic rings. The molecule has 4 nitrogen and oxygen atoms in total. The van der Waals surface area contributed by atoms with Gasteiger partial charge in [0.15, 0.2) is 6.10 Å². The smallest absolute Gasteiger partial charge is 0.251 e. The van der Waals surface area contributed by atoms with Gasteiger partial charge >= 0.3 is 0 Å². The molecule has 27 heavy (non-hydrogen) atoms. The molecule has 138 valence electrons. The molecule has 0 fully saturated rings. The number of anilines is 1. The molecule has 1 amide bonds. The first-order chi connectivity index (χ1) is 13.1. The van der Waals surface area contributed by atoms with Crippen LogP contribution in [0.2, 0.25) is 0 Å². The average Bonchev–Trinajstić information content (AvgIpc) is 2.72. The van der Waals surface area contributed by atoms with Gasteiger partial charge in [0.05, 0.1) is 6.04 Å². The third-order valence-corrected chi connectivity index (χ3v) is 4.75. The maximum absolute atomic E-state index is 12.6. The van der Waals surface area contributed by atoms with Crippen molar-refractivity contribution in [3.63, 3.8) is 0 Å². The standard InChI is InChI=1S/C22H21BrN2O2/c23-18-11-13-19(14-12-18)25-20(17-9-5-2-6-10-17)21(26)22(27)24-15-16-7-3-1-4-8-16/h1-14,20-21,25-26H,15H2,(H,24,27)/t20-,21+/m1/s1. The summed E-state index contributed by atoms with van der Waals surface area (Å²) in [4.78, 5) is 12.6. The van der Waals surface area contributed by atoms with Crippen molar-refractivity contribution in [1.82, 2.24) is 5.32 Å². The van der Waals surface area contributed by atoms with E-state index in [0.29, 0.717) is 6.54 Å². The molecule has 3 aromatic carbocycles. The molecular formula is C22H21BrN2O2. The Morgan fingerprint density at radius 2 is 1.48 bits per heavy atom. The van der Waals surface area contributed by atoms with E-state index in [-0.39, 0.29) is 0 Å². The molecule has 5 heteroatoms. The summed E-state index contributed by atoms with van der Waals surface area (Å²) in [6, 6.07) is 26.1. The lowest BCUT2D eigenvalue weighted by molar-refractivity contribution is -0.130. The number of carbonyl (C=O) groups is 1. The van der Waals surface area contributed by atoms with Crippen molar-refractivity contribution in [2.75, 3.05) is 5.32 Å². The highest BCUT2D eigenvalue weighted by molar-refractivity contribution is 9.10. The number of aliphatic hydroxyl groups is 1. The fourth-order valence-electron chi connectivity index (χ4n) is 2.77. The van der Waals surface area contributed by atoms with Crippen LogP contribution in [0, 0.1) is 0 Å². The molecule has 0 aliphatic carbocycles. The van der Waals surface area contributed by atoms with Crippen LogP contribution in [0.1, 0.15) is 17.2 Å². The second-order valence-corrected chi connectivity index (χ2v) is 7.10. The Bertz CT molecular complexity index is 855. The number of aliphatic hydroxyl groups excluding tert-OH is 1. The molecule has 3 rings (SSSR count). The summed E-state index contributed by atoms with van der Waals surface area (Å²) >= 11 is 3.41. The van der Waals surface area contributed by atoms with Gasteiger partial charge < -0.3 is 15.7 Å². The van der Waals surface area contributed by atoms with Crippen molar-refractivity contribution in [3.05, 3.63) is 101 Å². The normalized spacial score (nSPS) is 12.8. The maximum Gasteiger partial charge on any atom is 0.251 e. The molecule has 0 aromatic heterocycles. The molecule has 0 saturated carbocycles. The summed E-state index contributed by atoms with van der Waals surface area (Å²) in [5, 5.41) is 16.8. The van der Waals surface area contributed by atoms with Gasteiger partial charge in [0.2, 0.25) is 0 Å². The van der Waals surface area contributed by atoms with E-state index in [1.807, 2.05) is 84.9 Å². The summed E-state index contributed by atoms with van der Waals surface area (Å²) in [7, 11) is 0. The van der Waals surface area contributed by atoms with Gasteiger partial charge in [-0.15, -0.1) is 0 Å². The van der Waals surface area contributed by atoms with Gasteiger partial charge in [-0.3, -0.25) is 4.79 Å². The quantitative estimate of drug-likeness (QED) is 0.530. The fourth-order valence-corrected chi connectivity index (χ4v) is 3.04. The van der Waals surface area contributed by atoms with Crippen LogP contribution in [-0.2, 0) is 11.3 Å². The SMILES string of the molecule is O=C(NCc1ccccc1)[C@@H](O)[C@H](Nc1ccc(Br)cc1)c1ccccc1. The average molecular weight is 425 g/mol. The van der Waals surface area contributed by atoms with E-state index >= 15 is 0 Å². The lowest BCUT2D eigenvalue weighted by atomic mass is 10.00. The number of benzene rings is 3. The minimum Gasteiger partial charge on any atom is -0.381 e. The Hall–Kier alpha value is -2.63. The summed E-state index contributed by atoms with van der Waals surface area (Å²) in [5.41, 5.74) is 2.64. The molecular weight excluding hydrogens is 404 g/mol. The van der Waals surface area contributed by atoms with Gasteiger partial charge in [0.1, 0.15) is 0 Å². The van der Waals surface area contributed by atoms with E-state index < -0.39 is 18.1 Å². The minimum atomic E-state index is -1.24. The summed E-state index contributed by atoms with van der Waals surface area (Å²) in [6.45, 7) is 0.372. The van der Waals surface area contributed by atoms with Crippen LogP contribution in [0.25, 0.3) is 0 Å². The molecule has 0 heterocycles. The summed E-state index contributed by atoms with van der Waals surface area (Å²) in [5.74, 6) is -0.419. The zero-order chi connectivity index (χ0) is 19.1. The van der Waals surface area contributed by atoms with Crippen LogP contribution in [0.3, 0.4) is 0 Å². The van der Waals surface area contributed by atoms with Crippen molar-refractivity contribution in [3.8, 4) is 0 Å². The van der Waals surface area contributed by atoms with E-state index in [1.54, 1.807) is 0 Å². The van der Waals surface area contributed by atoms with Gasteiger partial charge in [-0.2, -0.15) is 0 Å². The second-order valence-electron chi connectivity index (χ2n) is 6.19. The third kappa shape index (κ3) is 5.42. The first-order valence-electron chi connectivity index (χ1n) is 8.70. The second kappa shape index (κ2) is 9.35. The molecule has 3 N–H and O–H groups in total. The van der Waals surface area contributed by atoms with Gasteiger partial charge in [-0.25, -0.2) is 0 Å². The van der Waals surface area contributed by atoms with Gasteiger partial charge in [0.25, 0.3) is 5.91 Å². The third-order valence-electron chi connectivity index (χ3n) is 4.22. The number of hydrogen-bond donors (Lipinski definition) is 3. The molecule has 2 atom stereocenters. The maximum atomic E-state index is 12.6. The summed E-state index contributed by atoms with van der Waals surface area (Å²) in [6.07, 6.45) is -1.24. The number of nitrogens with one attached hydrogen (secondary N) is 2. The van der Waals surface area contributed by atoms with E-state index in [4.69, 9.17) is 0 Å². The monoisotopic (exact) mass is 424 g/mol. The molecule has 0 saturated heterocycles. The van der Waals surface area contributed by atoms with E-state index in [1.165, 1.54) is 0 Å². The van der Waals surface area contributed by atoms with Crippen LogP contribution in [0.5, 0.6) is 0 Å². The number of halogens is 1. The number of amides is 1. The molecule has 0 spiro atoms. The van der Waals surface area contributed by atoms with Crippen molar-refractivity contribution >= 4 is 27.5 Å². The molecule has 0 radical (unpaired) electrons. The van der Waals surface area contributed by atoms with Crippen LogP contribution < -0.4 is 10.6 Å². The molecule has 3 aromatic rings. The van der Waals surface area contributed by atoms with Crippen molar-refractivity contribution in [1.29, 1.82) is 0 Å². The van der Waals surface area contributed by atoms with Crippen molar-refractivity contribution in [2.24, 2.45) is 0 Å². The molecule has 0 bridgehead atoms. The summed E-state index contributed by atoms with van der Waals surface area (Å²) < 4.78 is 0.963. The predicted octanol–water partition coefficient (Wildman–Crippen LogP) is 4.28. The van der Waals surface area contributed by atoms with Crippen molar-refractivity contribution < 1.29 is 9.90 Å². The van der Waals surface area contributed by atoms with E-state index in [9.17, 15) is 9.90 Å². The van der Waals surface area contributed by atoms with E-state index in [2.05, 4.69) is 26.6 Å². The van der Waals surface area contributed by atoms with Crippen LogP contribution in [0.15, 0.2) is 89.4 Å². The van der Waals surface area contributed by atoms with Crippen molar-refractivity contribution in [2.45, 2.75) is 18.7 Å². The largest absolute Gasteiger partial charge is 0.381 e. The Labute approximate surface area is 167 Å². The predicted molar refractivity (Wildman–Crippen MR) is 111 cm³/mol. The van der Waals surface area contributed by atoms with Crippen LogP contribution in [-0.4, -0.2) is 17.1 Å². The first kappa shape index (κ1) is 19.1. The Kier molecular flexibility index (Phi) is 6.63. The minimum absolute atomic E-state index is 0.372. The highest BCUT2D eigenvalue weighted by atomic mass is 79.9. The topological polar surface area (TPSA) is 61.4 Å². The fraction of sp³-hybridized carbons (Fsp3) is 0.136. The Morgan fingerprint density at radius 3 is 2.11 bits per heavy atom. The van der Waals surface area contributed by atoms with Crippen LogP contribution >= 0.6 is 15.9 Å².